The van der Waals surface area contributed by atoms with Gasteiger partial charge in [0.25, 0.3) is 0 Å². The summed E-state index contributed by atoms with van der Waals surface area (Å²) in [7, 11) is 1.62. The summed E-state index contributed by atoms with van der Waals surface area (Å²) >= 11 is 0. The predicted molar refractivity (Wildman–Crippen MR) is 71.9 cm³/mol. The summed E-state index contributed by atoms with van der Waals surface area (Å²) < 4.78 is 5.27. The van der Waals surface area contributed by atoms with E-state index >= 15 is 0 Å². The molecule has 1 amide bonds. The summed E-state index contributed by atoms with van der Waals surface area (Å²) in [6, 6.07) is 0. The van der Waals surface area contributed by atoms with Crippen LogP contribution < -0.4 is 0 Å². The Morgan fingerprint density at radius 2 is 1.89 bits per heavy atom. The van der Waals surface area contributed by atoms with Crippen molar-refractivity contribution in [3.63, 3.8) is 0 Å². The number of aliphatic carboxylic acids is 1. The molecule has 1 N–H and O–H groups in total. The van der Waals surface area contributed by atoms with E-state index in [2.05, 4.69) is 0 Å². The smallest absolute Gasteiger partial charge is 0.303 e. The molecule has 0 aromatic heterocycles. The van der Waals surface area contributed by atoms with E-state index in [1.807, 2.05) is 18.7 Å². The topological polar surface area (TPSA) is 66.8 Å². The van der Waals surface area contributed by atoms with Crippen molar-refractivity contribution in [2.75, 3.05) is 20.2 Å². The lowest BCUT2D eigenvalue weighted by Gasteiger charge is -2.34. The third kappa shape index (κ3) is 5.59. The molecule has 1 aliphatic heterocycles. The monoisotopic (exact) mass is 271 g/mol. The Labute approximate surface area is 114 Å². The Kier molecular flexibility index (Phi) is 5.79. The first-order valence-electron chi connectivity index (χ1n) is 6.89. The number of carboxylic acids is 1. The number of hydrogen-bond donors (Lipinski definition) is 1. The standard InChI is InChI=1S/C14H25NO4/c1-14(2,19-3)10-12(16)15-8-6-11(7-9-15)4-5-13(17)18/h11H,4-10H2,1-3H3,(H,17,18). The summed E-state index contributed by atoms with van der Waals surface area (Å²) in [6.45, 7) is 5.29. The molecule has 1 heterocycles. The normalized spacial score (nSPS) is 17.5. The third-order valence-corrected chi connectivity index (χ3v) is 3.86. The van der Waals surface area contributed by atoms with Crippen LogP contribution in [0.5, 0.6) is 0 Å². The summed E-state index contributed by atoms with van der Waals surface area (Å²) in [5.41, 5.74) is -0.419. The number of nitrogens with zero attached hydrogens (tertiary/aromatic N) is 1. The Hall–Kier alpha value is -1.10. The van der Waals surface area contributed by atoms with Gasteiger partial charge in [-0.1, -0.05) is 0 Å². The number of piperidine rings is 1. The van der Waals surface area contributed by atoms with Crippen molar-refractivity contribution in [2.24, 2.45) is 5.92 Å². The molecule has 0 aromatic rings. The van der Waals surface area contributed by atoms with Crippen molar-refractivity contribution >= 4 is 11.9 Å². The molecule has 0 aromatic carbocycles. The zero-order valence-electron chi connectivity index (χ0n) is 12.1. The van der Waals surface area contributed by atoms with E-state index in [4.69, 9.17) is 9.84 Å². The minimum absolute atomic E-state index is 0.128. The average molecular weight is 271 g/mol. The summed E-state index contributed by atoms with van der Waals surface area (Å²) in [6.07, 6.45) is 3.17. The Morgan fingerprint density at radius 1 is 1.32 bits per heavy atom. The van der Waals surface area contributed by atoms with Crippen molar-refractivity contribution in [3.8, 4) is 0 Å². The highest BCUT2D eigenvalue weighted by Gasteiger charge is 2.27. The Balaban J connectivity index is 2.33. The number of methoxy groups -OCH3 is 1. The van der Waals surface area contributed by atoms with Gasteiger partial charge in [0, 0.05) is 26.6 Å². The van der Waals surface area contributed by atoms with Gasteiger partial charge >= 0.3 is 5.97 Å². The number of likely N-dealkylation sites (tertiary alicyclic amines) is 1. The summed E-state index contributed by atoms with van der Waals surface area (Å²) in [4.78, 5) is 24.5. The van der Waals surface area contributed by atoms with Gasteiger partial charge in [-0.05, 0) is 39.0 Å². The van der Waals surface area contributed by atoms with Crippen LogP contribution in [0, 0.1) is 5.92 Å². The van der Waals surface area contributed by atoms with Crippen LogP contribution in [0.15, 0.2) is 0 Å². The molecule has 0 saturated carbocycles. The van der Waals surface area contributed by atoms with E-state index in [-0.39, 0.29) is 12.3 Å². The van der Waals surface area contributed by atoms with E-state index in [9.17, 15) is 9.59 Å². The van der Waals surface area contributed by atoms with Crippen LogP contribution in [0.2, 0.25) is 0 Å². The first-order chi connectivity index (χ1) is 8.84. The van der Waals surface area contributed by atoms with E-state index in [1.54, 1.807) is 7.11 Å². The summed E-state index contributed by atoms with van der Waals surface area (Å²) in [5.74, 6) is -0.167. The van der Waals surface area contributed by atoms with Crippen molar-refractivity contribution in [3.05, 3.63) is 0 Å². The third-order valence-electron chi connectivity index (χ3n) is 3.86. The molecule has 0 unspecified atom stereocenters. The number of carboxylic acid groups (broad SMARTS) is 1. The van der Waals surface area contributed by atoms with Crippen molar-refractivity contribution in [1.82, 2.24) is 4.90 Å². The van der Waals surface area contributed by atoms with Gasteiger partial charge in [0.05, 0.1) is 12.0 Å². The minimum atomic E-state index is -0.736. The van der Waals surface area contributed by atoms with Gasteiger partial charge in [0.15, 0.2) is 0 Å². The van der Waals surface area contributed by atoms with E-state index < -0.39 is 11.6 Å². The van der Waals surface area contributed by atoms with Gasteiger partial charge in [-0.15, -0.1) is 0 Å². The average Bonchev–Trinajstić information content (AvgIpc) is 2.36. The number of amides is 1. The molecule has 0 radical (unpaired) electrons. The van der Waals surface area contributed by atoms with E-state index in [0.717, 1.165) is 32.4 Å². The van der Waals surface area contributed by atoms with Gasteiger partial charge in [0.1, 0.15) is 0 Å². The number of carbonyl (C=O) groups excluding carboxylic acids is 1. The number of carbonyl (C=O) groups is 2. The van der Waals surface area contributed by atoms with Crippen LogP contribution in [0.1, 0.15) is 46.0 Å². The lowest BCUT2D eigenvalue weighted by Crippen LogP contribution is -2.42. The molecule has 0 atom stereocenters. The maximum atomic E-state index is 12.1. The Morgan fingerprint density at radius 3 is 2.37 bits per heavy atom. The van der Waals surface area contributed by atoms with Gasteiger partial charge < -0.3 is 14.7 Å². The minimum Gasteiger partial charge on any atom is -0.481 e. The van der Waals surface area contributed by atoms with Gasteiger partial charge in [-0.3, -0.25) is 9.59 Å². The molecule has 0 spiro atoms. The predicted octanol–water partition coefficient (Wildman–Crippen LogP) is 1.90. The number of hydrogen-bond acceptors (Lipinski definition) is 3. The summed E-state index contributed by atoms with van der Waals surface area (Å²) in [5, 5.41) is 8.66. The van der Waals surface area contributed by atoms with Crippen molar-refractivity contribution < 1.29 is 19.4 Å². The lowest BCUT2D eigenvalue weighted by atomic mass is 9.91. The zero-order valence-corrected chi connectivity index (χ0v) is 12.1. The van der Waals surface area contributed by atoms with Gasteiger partial charge in [-0.2, -0.15) is 0 Å². The largest absolute Gasteiger partial charge is 0.481 e. The molecule has 0 bridgehead atoms. The van der Waals surface area contributed by atoms with Crippen LogP contribution in [0.25, 0.3) is 0 Å². The second kappa shape index (κ2) is 6.89. The van der Waals surface area contributed by atoms with Crippen LogP contribution in [0.4, 0.5) is 0 Å². The second-order valence-electron chi connectivity index (χ2n) is 5.90. The lowest BCUT2D eigenvalue weighted by molar-refractivity contribution is -0.139. The fraction of sp³-hybridized carbons (Fsp3) is 0.857. The molecule has 19 heavy (non-hydrogen) atoms. The van der Waals surface area contributed by atoms with Gasteiger partial charge in [0.2, 0.25) is 5.91 Å². The molecule has 5 heteroatoms. The van der Waals surface area contributed by atoms with E-state index in [0.29, 0.717) is 12.3 Å². The van der Waals surface area contributed by atoms with Gasteiger partial charge in [-0.25, -0.2) is 0 Å². The zero-order chi connectivity index (χ0) is 14.5. The molecule has 1 fully saturated rings. The van der Waals surface area contributed by atoms with Crippen LogP contribution in [-0.4, -0.2) is 47.7 Å². The Bertz CT molecular complexity index is 319. The fourth-order valence-corrected chi connectivity index (χ4v) is 2.35. The van der Waals surface area contributed by atoms with E-state index in [1.165, 1.54) is 0 Å². The first-order valence-corrected chi connectivity index (χ1v) is 6.89. The van der Waals surface area contributed by atoms with Crippen molar-refractivity contribution in [1.29, 1.82) is 0 Å². The van der Waals surface area contributed by atoms with Crippen LogP contribution >= 0.6 is 0 Å². The quantitative estimate of drug-likeness (QED) is 0.801. The highest BCUT2D eigenvalue weighted by Crippen LogP contribution is 2.23. The molecule has 5 nitrogen and oxygen atoms in total. The highest BCUT2D eigenvalue weighted by molar-refractivity contribution is 5.77. The fourth-order valence-electron chi connectivity index (χ4n) is 2.35. The number of rotatable bonds is 6. The highest BCUT2D eigenvalue weighted by atomic mass is 16.5. The molecular formula is C14H25NO4. The molecule has 0 aliphatic carbocycles. The molecule has 110 valence electrons. The number of ether oxygens (including phenoxy) is 1. The van der Waals surface area contributed by atoms with Crippen LogP contribution in [0.3, 0.4) is 0 Å². The SMILES string of the molecule is COC(C)(C)CC(=O)N1CCC(CCC(=O)O)CC1. The maximum Gasteiger partial charge on any atom is 0.303 e. The second-order valence-corrected chi connectivity index (χ2v) is 5.90. The maximum absolute atomic E-state index is 12.1. The molecule has 1 aliphatic rings. The molecule has 1 saturated heterocycles. The van der Waals surface area contributed by atoms with Crippen molar-refractivity contribution in [2.45, 2.75) is 51.6 Å². The molecular weight excluding hydrogens is 246 g/mol. The first kappa shape index (κ1) is 16.0. The van der Waals surface area contributed by atoms with Crippen LogP contribution in [-0.2, 0) is 14.3 Å². The molecule has 1 rings (SSSR count).